The molecule has 0 spiro atoms. The zero-order valence-electron chi connectivity index (χ0n) is 9.87. The molecular weight excluding hydrogens is 252 g/mol. The van der Waals surface area contributed by atoms with Crippen LogP contribution < -0.4 is 9.04 Å². The number of ether oxygens (including phenoxy) is 1. The average molecular weight is 266 g/mol. The van der Waals surface area contributed by atoms with Gasteiger partial charge in [-0.2, -0.15) is 5.26 Å². The first-order chi connectivity index (χ1) is 8.63. The maximum absolute atomic E-state index is 11.9. The second kappa shape index (κ2) is 5.27. The molecule has 0 atom stereocenters. The molecule has 0 radical (unpaired) electrons. The van der Waals surface area contributed by atoms with Gasteiger partial charge < -0.3 is 4.74 Å². The van der Waals surface area contributed by atoms with E-state index in [9.17, 15) is 8.42 Å². The van der Waals surface area contributed by atoms with Crippen LogP contribution in [0.15, 0.2) is 24.3 Å². The van der Waals surface area contributed by atoms with Crippen LogP contribution in [0.25, 0.3) is 0 Å². The number of nitrogens with zero attached hydrogens (tertiary/aromatic N) is 2. The fourth-order valence-electron chi connectivity index (χ4n) is 1.90. The molecule has 1 fully saturated rings. The molecule has 18 heavy (non-hydrogen) atoms. The zero-order chi connectivity index (χ0) is 13.0. The van der Waals surface area contributed by atoms with Gasteiger partial charge in [0.15, 0.2) is 6.61 Å². The largest absolute Gasteiger partial charge is 0.479 e. The van der Waals surface area contributed by atoms with Crippen LogP contribution in [-0.2, 0) is 10.0 Å². The molecule has 0 bridgehead atoms. The van der Waals surface area contributed by atoms with Crippen molar-refractivity contribution in [1.82, 2.24) is 0 Å². The molecule has 0 saturated carbocycles. The molecule has 0 amide bonds. The fourth-order valence-corrected chi connectivity index (χ4v) is 3.54. The minimum Gasteiger partial charge on any atom is -0.479 e. The molecule has 1 aromatic rings. The lowest BCUT2D eigenvalue weighted by Crippen LogP contribution is -2.37. The van der Waals surface area contributed by atoms with E-state index in [1.165, 1.54) is 4.31 Å². The minimum atomic E-state index is -3.17. The van der Waals surface area contributed by atoms with Crippen molar-refractivity contribution >= 4 is 15.7 Å². The number of hydrogen-bond donors (Lipinski definition) is 0. The lowest BCUT2D eigenvalue weighted by atomic mass is 10.2. The SMILES string of the molecule is N#CCOc1ccc(N2CCCCS2(=O)=O)cc1. The second-order valence-corrected chi connectivity index (χ2v) is 6.05. The van der Waals surface area contributed by atoms with E-state index in [0.29, 0.717) is 18.0 Å². The third kappa shape index (κ3) is 2.74. The molecule has 1 saturated heterocycles. The molecule has 0 aliphatic carbocycles. The number of rotatable bonds is 3. The van der Waals surface area contributed by atoms with Gasteiger partial charge in [-0.15, -0.1) is 0 Å². The van der Waals surface area contributed by atoms with E-state index in [2.05, 4.69) is 0 Å². The summed E-state index contributed by atoms with van der Waals surface area (Å²) in [6.45, 7) is 0.516. The average Bonchev–Trinajstić information content (AvgIpc) is 2.37. The third-order valence-corrected chi connectivity index (χ3v) is 4.65. The Bertz CT molecular complexity index is 546. The Kier molecular flexibility index (Phi) is 3.72. The first-order valence-electron chi connectivity index (χ1n) is 5.74. The van der Waals surface area contributed by atoms with E-state index in [0.717, 1.165) is 12.8 Å². The van der Waals surface area contributed by atoms with E-state index in [1.54, 1.807) is 24.3 Å². The van der Waals surface area contributed by atoms with Crippen LogP contribution in [-0.4, -0.2) is 27.3 Å². The zero-order valence-corrected chi connectivity index (χ0v) is 10.7. The second-order valence-electron chi connectivity index (χ2n) is 4.04. The number of hydrogen-bond acceptors (Lipinski definition) is 4. The van der Waals surface area contributed by atoms with E-state index >= 15 is 0 Å². The van der Waals surface area contributed by atoms with Crippen molar-refractivity contribution in [3.05, 3.63) is 24.3 Å². The van der Waals surface area contributed by atoms with Gasteiger partial charge in [0.05, 0.1) is 11.4 Å². The van der Waals surface area contributed by atoms with Crippen molar-refractivity contribution in [3.63, 3.8) is 0 Å². The Morgan fingerprint density at radius 3 is 2.61 bits per heavy atom. The van der Waals surface area contributed by atoms with Gasteiger partial charge in [-0.1, -0.05) is 0 Å². The van der Waals surface area contributed by atoms with E-state index in [-0.39, 0.29) is 12.4 Å². The predicted octanol–water partition coefficient (Wildman–Crippen LogP) is 1.52. The highest BCUT2D eigenvalue weighted by Crippen LogP contribution is 2.25. The predicted molar refractivity (Wildman–Crippen MR) is 67.9 cm³/mol. The molecule has 2 rings (SSSR count). The maximum Gasteiger partial charge on any atom is 0.235 e. The Morgan fingerprint density at radius 1 is 1.28 bits per heavy atom. The van der Waals surface area contributed by atoms with Gasteiger partial charge in [0.25, 0.3) is 0 Å². The van der Waals surface area contributed by atoms with E-state index < -0.39 is 10.0 Å². The molecule has 1 aromatic carbocycles. The van der Waals surface area contributed by atoms with Crippen LogP contribution in [0.5, 0.6) is 5.75 Å². The van der Waals surface area contributed by atoms with Gasteiger partial charge in [-0.25, -0.2) is 8.42 Å². The molecule has 1 aliphatic rings. The number of sulfonamides is 1. The highest BCUT2D eigenvalue weighted by atomic mass is 32.2. The van der Waals surface area contributed by atoms with Crippen LogP contribution in [0.4, 0.5) is 5.69 Å². The summed E-state index contributed by atoms with van der Waals surface area (Å²) >= 11 is 0. The van der Waals surface area contributed by atoms with Crippen molar-refractivity contribution in [3.8, 4) is 11.8 Å². The van der Waals surface area contributed by atoms with Gasteiger partial charge >= 0.3 is 0 Å². The first-order valence-corrected chi connectivity index (χ1v) is 7.34. The van der Waals surface area contributed by atoms with Gasteiger partial charge in [-0.3, -0.25) is 4.31 Å². The fraction of sp³-hybridized carbons (Fsp3) is 0.417. The van der Waals surface area contributed by atoms with Crippen molar-refractivity contribution in [2.75, 3.05) is 23.2 Å². The summed E-state index contributed by atoms with van der Waals surface area (Å²) in [6.07, 6.45) is 1.61. The maximum atomic E-state index is 11.9. The summed E-state index contributed by atoms with van der Waals surface area (Å²) in [6, 6.07) is 8.64. The summed E-state index contributed by atoms with van der Waals surface area (Å²) in [5, 5.41) is 8.39. The van der Waals surface area contributed by atoms with Crippen molar-refractivity contribution in [1.29, 1.82) is 5.26 Å². The Hall–Kier alpha value is -1.74. The molecule has 1 aliphatic heterocycles. The summed E-state index contributed by atoms with van der Waals surface area (Å²) in [7, 11) is -3.17. The molecule has 0 aromatic heterocycles. The number of benzene rings is 1. The molecule has 6 heteroatoms. The van der Waals surface area contributed by atoms with Crippen LogP contribution >= 0.6 is 0 Å². The van der Waals surface area contributed by atoms with Gasteiger partial charge in [0, 0.05) is 6.54 Å². The Labute approximate surface area is 107 Å². The molecule has 0 N–H and O–H groups in total. The Morgan fingerprint density at radius 2 is 2.00 bits per heavy atom. The summed E-state index contributed by atoms with van der Waals surface area (Å²) in [5.41, 5.74) is 0.652. The van der Waals surface area contributed by atoms with Crippen LogP contribution in [0.3, 0.4) is 0 Å². The summed E-state index contributed by atoms with van der Waals surface area (Å²) in [4.78, 5) is 0. The van der Waals surface area contributed by atoms with E-state index in [4.69, 9.17) is 10.00 Å². The standard InChI is InChI=1S/C12H14N2O3S/c13-7-9-17-12-5-3-11(4-6-12)14-8-1-2-10-18(14,15)16/h3-6H,1-2,8-10H2. The third-order valence-electron chi connectivity index (χ3n) is 2.78. The van der Waals surface area contributed by atoms with Crippen molar-refractivity contribution in [2.24, 2.45) is 0 Å². The van der Waals surface area contributed by atoms with Crippen LogP contribution in [0, 0.1) is 11.3 Å². The highest BCUT2D eigenvalue weighted by Gasteiger charge is 2.25. The lowest BCUT2D eigenvalue weighted by Gasteiger charge is -2.28. The molecular formula is C12H14N2O3S. The van der Waals surface area contributed by atoms with Crippen molar-refractivity contribution in [2.45, 2.75) is 12.8 Å². The monoisotopic (exact) mass is 266 g/mol. The lowest BCUT2D eigenvalue weighted by molar-refractivity contribution is 0.368. The normalized spacial score (nSPS) is 18.1. The van der Waals surface area contributed by atoms with Gasteiger partial charge in [-0.05, 0) is 37.1 Å². The quantitative estimate of drug-likeness (QED) is 0.831. The summed E-state index contributed by atoms with van der Waals surface area (Å²) in [5.74, 6) is 0.773. The number of nitriles is 1. The Balaban J connectivity index is 2.16. The highest BCUT2D eigenvalue weighted by molar-refractivity contribution is 7.92. The van der Waals surface area contributed by atoms with Gasteiger partial charge in [0.2, 0.25) is 10.0 Å². The minimum absolute atomic E-state index is 0.0125. The van der Waals surface area contributed by atoms with Crippen LogP contribution in [0.1, 0.15) is 12.8 Å². The number of anilines is 1. The topological polar surface area (TPSA) is 70.4 Å². The van der Waals surface area contributed by atoms with Crippen molar-refractivity contribution < 1.29 is 13.2 Å². The van der Waals surface area contributed by atoms with Crippen LogP contribution in [0.2, 0.25) is 0 Å². The smallest absolute Gasteiger partial charge is 0.235 e. The molecule has 96 valence electrons. The molecule has 0 unspecified atom stereocenters. The first kappa shape index (κ1) is 12.7. The van der Waals surface area contributed by atoms with Gasteiger partial charge in [0.1, 0.15) is 11.8 Å². The molecule has 5 nitrogen and oxygen atoms in total. The summed E-state index contributed by atoms with van der Waals surface area (Å²) < 4.78 is 30.3. The molecule has 1 heterocycles. The van der Waals surface area contributed by atoms with E-state index in [1.807, 2.05) is 6.07 Å².